The number of aliphatic imine (C=N–C) groups is 1. The second-order valence-corrected chi connectivity index (χ2v) is 8.99. The van der Waals surface area contributed by atoms with Crippen molar-refractivity contribution in [2.45, 2.75) is 72.1 Å². The lowest BCUT2D eigenvalue weighted by Crippen LogP contribution is -2.71. The van der Waals surface area contributed by atoms with Crippen molar-refractivity contribution < 1.29 is 9.53 Å². The second-order valence-electron chi connectivity index (χ2n) is 8.99. The first-order chi connectivity index (χ1) is 11.6. The number of fused-ring (bicyclic) bond motifs is 1. The number of carbonyl (C=O) groups excluding carboxylic acids is 1. The van der Waals surface area contributed by atoms with E-state index >= 15 is 0 Å². The number of carbonyl (C=O) groups is 1. The zero-order valence-electron chi connectivity index (χ0n) is 17.4. The Morgan fingerprint density at radius 2 is 2.00 bits per heavy atom. The highest BCUT2D eigenvalue weighted by Gasteiger charge is 2.58. The molecule has 0 aromatic heterocycles. The number of amides is 1. The van der Waals surface area contributed by atoms with Gasteiger partial charge in [-0.2, -0.15) is 0 Å². The van der Waals surface area contributed by atoms with Gasteiger partial charge >= 0.3 is 0 Å². The first kappa shape index (κ1) is 23.5. The summed E-state index contributed by atoms with van der Waals surface area (Å²) in [7, 11) is 1.92. The summed E-state index contributed by atoms with van der Waals surface area (Å²) in [5.74, 6) is 1.34. The molecule has 152 valence electrons. The third kappa shape index (κ3) is 5.47. The standard InChI is InChI=1S/C19H36N4O2.HI/c1-8-20-17(23(7)12-14(24)22-18(2,3)4)21-15-13-10-9-11-25-16(13)19(15,5)6;/h13,15-16H,8-12H2,1-7H3,(H,20,21)(H,22,24);1H. The maximum Gasteiger partial charge on any atom is 0.240 e. The minimum Gasteiger partial charge on any atom is -0.377 e. The largest absolute Gasteiger partial charge is 0.377 e. The Kier molecular flexibility index (Phi) is 8.20. The van der Waals surface area contributed by atoms with Crippen LogP contribution in [-0.2, 0) is 9.53 Å². The maximum atomic E-state index is 12.2. The molecule has 2 fully saturated rings. The molecule has 2 aliphatic rings. The Morgan fingerprint density at radius 3 is 2.58 bits per heavy atom. The lowest BCUT2D eigenvalue weighted by atomic mass is 9.55. The van der Waals surface area contributed by atoms with Crippen molar-refractivity contribution in [1.29, 1.82) is 0 Å². The van der Waals surface area contributed by atoms with Gasteiger partial charge in [-0.3, -0.25) is 9.79 Å². The van der Waals surface area contributed by atoms with Gasteiger partial charge in [-0.05, 0) is 40.5 Å². The van der Waals surface area contributed by atoms with Crippen LogP contribution >= 0.6 is 24.0 Å². The van der Waals surface area contributed by atoms with Crippen LogP contribution in [0.5, 0.6) is 0 Å². The van der Waals surface area contributed by atoms with Crippen LogP contribution in [0, 0.1) is 11.3 Å². The van der Waals surface area contributed by atoms with Crippen molar-refractivity contribution in [1.82, 2.24) is 15.5 Å². The number of ether oxygens (including phenoxy) is 1. The lowest BCUT2D eigenvalue weighted by molar-refractivity contribution is -0.188. The maximum absolute atomic E-state index is 12.2. The molecule has 0 aromatic carbocycles. The van der Waals surface area contributed by atoms with E-state index in [-0.39, 0.29) is 40.8 Å². The number of rotatable bonds is 4. The van der Waals surface area contributed by atoms with E-state index in [2.05, 4.69) is 29.5 Å². The van der Waals surface area contributed by atoms with Crippen molar-refractivity contribution in [3.8, 4) is 0 Å². The molecule has 26 heavy (non-hydrogen) atoms. The molecular weight excluding hydrogens is 443 g/mol. The third-order valence-corrected chi connectivity index (χ3v) is 5.18. The van der Waals surface area contributed by atoms with E-state index in [4.69, 9.17) is 4.74 Å². The molecule has 7 heteroatoms. The topological polar surface area (TPSA) is 66.0 Å². The molecule has 3 unspecified atom stereocenters. The third-order valence-electron chi connectivity index (χ3n) is 5.18. The van der Waals surface area contributed by atoms with Gasteiger partial charge in [0, 0.05) is 43.1 Å². The average molecular weight is 480 g/mol. The van der Waals surface area contributed by atoms with Crippen LogP contribution in [0.15, 0.2) is 4.99 Å². The van der Waals surface area contributed by atoms with Crippen LogP contribution in [0.3, 0.4) is 0 Å². The minimum absolute atomic E-state index is 0. The minimum atomic E-state index is -0.226. The lowest BCUT2D eigenvalue weighted by Gasteiger charge is -2.60. The molecule has 2 N–H and O–H groups in total. The van der Waals surface area contributed by atoms with Gasteiger partial charge in [0.05, 0.1) is 12.6 Å². The van der Waals surface area contributed by atoms with Gasteiger partial charge in [0.2, 0.25) is 5.91 Å². The Morgan fingerprint density at radius 1 is 1.35 bits per heavy atom. The van der Waals surface area contributed by atoms with Crippen LogP contribution in [-0.4, -0.2) is 61.2 Å². The summed E-state index contributed by atoms with van der Waals surface area (Å²) in [6, 6.07) is 0.330. The summed E-state index contributed by atoms with van der Waals surface area (Å²) in [4.78, 5) is 18.8. The van der Waals surface area contributed by atoms with Crippen LogP contribution in [0.4, 0.5) is 0 Å². The number of guanidine groups is 1. The number of nitrogens with zero attached hydrogens (tertiary/aromatic N) is 2. The predicted molar refractivity (Wildman–Crippen MR) is 117 cm³/mol. The van der Waals surface area contributed by atoms with Gasteiger partial charge in [-0.15, -0.1) is 24.0 Å². The molecule has 1 saturated heterocycles. The molecule has 6 nitrogen and oxygen atoms in total. The van der Waals surface area contributed by atoms with E-state index in [1.54, 1.807) is 0 Å². The van der Waals surface area contributed by atoms with Crippen molar-refractivity contribution in [2.75, 3.05) is 26.7 Å². The average Bonchev–Trinajstić information content (AvgIpc) is 2.49. The SMILES string of the molecule is CCN=C(NC1C2CCCOC2C1(C)C)N(C)CC(=O)NC(C)(C)C.I. The van der Waals surface area contributed by atoms with Crippen molar-refractivity contribution in [3.63, 3.8) is 0 Å². The van der Waals surface area contributed by atoms with Crippen LogP contribution in [0.25, 0.3) is 0 Å². The summed E-state index contributed by atoms with van der Waals surface area (Å²) in [6.07, 6.45) is 2.65. The highest BCUT2D eigenvalue weighted by molar-refractivity contribution is 14.0. The second kappa shape index (κ2) is 9.08. The summed E-state index contributed by atoms with van der Waals surface area (Å²) in [6.45, 7) is 14.4. The Hall–Kier alpha value is -0.570. The number of nitrogens with one attached hydrogen (secondary N) is 2. The normalized spacial score (nSPS) is 27.5. The molecule has 0 radical (unpaired) electrons. The fourth-order valence-corrected chi connectivity index (χ4v) is 4.13. The molecule has 1 aliphatic heterocycles. The van der Waals surface area contributed by atoms with Gasteiger partial charge in [0.1, 0.15) is 0 Å². The summed E-state index contributed by atoms with van der Waals surface area (Å²) < 4.78 is 5.99. The number of likely N-dealkylation sites (N-methyl/N-ethyl adjacent to an activating group) is 1. The molecule has 0 aromatic rings. The number of hydrogen-bond donors (Lipinski definition) is 2. The van der Waals surface area contributed by atoms with E-state index in [1.165, 1.54) is 6.42 Å². The predicted octanol–water partition coefficient (Wildman–Crippen LogP) is 2.62. The van der Waals surface area contributed by atoms with Crippen LogP contribution in [0.2, 0.25) is 0 Å². The quantitative estimate of drug-likeness (QED) is 0.369. The van der Waals surface area contributed by atoms with Crippen molar-refractivity contribution in [3.05, 3.63) is 0 Å². The molecule has 1 amide bonds. The van der Waals surface area contributed by atoms with Crippen LogP contribution in [0.1, 0.15) is 54.4 Å². The van der Waals surface area contributed by atoms with E-state index in [0.717, 1.165) is 19.0 Å². The molecule has 1 aliphatic carbocycles. The Labute approximate surface area is 175 Å². The van der Waals surface area contributed by atoms with E-state index in [0.29, 0.717) is 31.2 Å². The molecule has 1 heterocycles. The number of halogens is 1. The highest BCUT2D eigenvalue weighted by atomic mass is 127. The van der Waals surface area contributed by atoms with Crippen LogP contribution < -0.4 is 10.6 Å². The molecule has 0 spiro atoms. The van der Waals surface area contributed by atoms with Crippen molar-refractivity contribution in [2.24, 2.45) is 16.3 Å². The summed E-state index contributed by atoms with van der Waals surface area (Å²) in [5.41, 5.74) is -0.149. The van der Waals surface area contributed by atoms with Gasteiger partial charge in [-0.25, -0.2) is 0 Å². The van der Waals surface area contributed by atoms with E-state index < -0.39 is 0 Å². The van der Waals surface area contributed by atoms with Crippen molar-refractivity contribution >= 4 is 35.8 Å². The van der Waals surface area contributed by atoms with Gasteiger partial charge in [0.15, 0.2) is 5.96 Å². The monoisotopic (exact) mass is 480 g/mol. The van der Waals surface area contributed by atoms with Gasteiger partial charge < -0.3 is 20.3 Å². The van der Waals surface area contributed by atoms with Gasteiger partial charge in [-0.1, -0.05) is 13.8 Å². The Bertz CT molecular complexity index is 516. The first-order valence-corrected chi connectivity index (χ1v) is 9.51. The molecule has 1 saturated carbocycles. The Balaban J connectivity index is 0.00000338. The fraction of sp³-hybridized carbons (Fsp3) is 0.895. The summed E-state index contributed by atoms with van der Waals surface area (Å²) in [5, 5.41) is 6.63. The molecule has 3 atom stereocenters. The zero-order valence-corrected chi connectivity index (χ0v) is 19.7. The van der Waals surface area contributed by atoms with E-state index in [9.17, 15) is 4.79 Å². The summed E-state index contributed by atoms with van der Waals surface area (Å²) >= 11 is 0. The van der Waals surface area contributed by atoms with E-state index in [1.807, 2.05) is 39.6 Å². The smallest absolute Gasteiger partial charge is 0.240 e. The molecule has 0 bridgehead atoms. The first-order valence-electron chi connectivity index (χ1n) is 9.51. The molecule has 2 rings (SSSR count). The molecular formula is C19H37IN4O2. The fourth-order valence-electron chi connectivity index (χ4n) is 4.13. The number of hydrogen-bond acceptors (Lipinski definition) is 3. The highest BCUT2D eigenvalue weighted by Crippen LogP contribution is 2.51. The zero-order chi connectivity index (χ0) is 18.8. The van der Waals surface area contributed by atoms with Gasteiger partial charge in [0.25, 0.3) is 0 Å².